The maximum Gasteiger partial charge on any atom is 0.130 e. The quantitative estimate of drug-likeness (QED) is 0.507. The number of nitrogens with zero attached hydrogens (tertiary/aromatic N) is 1. The Kier molecular flexibility index (Phi) is 5.36. The van der Waals surface area contributed by atoms with Crippen LogP contribution >= 0.6 is 0 Å². The first-order chi connectivity index (χ1) is 12.2. The lowest BCUT2D eigenvalue weighted by molar-refractivity contribution is 0.299. The topological polar surface area (TPSA) is 33.6 Å². The maximum atomic E-state index is 13.5. The molecule has 0 spiro atoms. The zero-order valence-corrected chi connectivity index (χ0v) is 13.3. The molecule has 0 fully saturated rings. The van der Waals surface area contributed by atoms with Crippen LogP contribution in [0.3, 0.4) is 0 Å². The van der Waals surface area contributed by atoms with Crippen molar-refractivity contribution in [3.63, 3.8) is 0 Å². The van der Waals surface area contributed by atoms with Crippen LogP contribution in [0.15, 0.2) is 77.9 Å². The molecule has 0 saturated carbocycles. The third-order valence-corrected chi connectivity index (χ3v) is 3.46. The Morgan fingerprint density at radius 2 is 1.68 bits per heavy atom. The molecule has 25 heavy (non-hydrogen) atoms. The van der Waals surface area contributed by atoms with Gasteiger partial charge in [0, 0.05) is 5.56 Å². The van der Waals surface area contributed by atoms with E-state index in [9.17, 15) is 8.78 Å². The first-order valence-corrected chi connectivity index (χ1v) is 7.71. The van der Waals surface area contributed by atoms with Gasteiger partial charge in [-0.05, 0) is 60.2 Å². The molecule has 126 valence electrons. The van der Waals surface area contributed by atoms with Gasteiger partial charge in [0.05, 0.1) is 11.9 Å². The predicted molar refractivity (Wildman–Crippen MR) is 94.8 cm³/mol. The first kappa shape index (κ1) is 16.6. The van der Waals surface area contributed by atoms with E-state index in [4.69, 9.17) is 4.74 Å². The molecule has 3 nitrogen and oxygen atoms in total. The SMILES string of the molecule is Fc1ccc(F)c(COc2ccc(C=NNc3ccccc3)cc2)c1. The smallest absolute Gasteiger partial charge is 0.130 e. The highest BCUT2D eigenvalue weighted by Crippen LogP contribution is 2.16. The number of benzene rings is 3. The van der Waals surface area contributed by atoms with Gasteiger partial charge in [-0.3, -0.25) is 5.43 Å². The van der Waals surface area contributed by atoms with Gasteiger partial charge in [-0.25, -0.2) is 8.78 Å². The number of hydrogen-bond donors (Lipinski definition) is 1. The summed E-state index contributed by atoms with van der Waals surface area (Å²) in [5.41, 5.74) is 4.89. The Balaban J connectivity index is 1.56. The second-order valence-electron chi connectivity index (χ2n) is 5.33. The molecule has 0 aromatic heterocycles. The summed E-state index contributed by atoms with van der Waals surface area (Å²) in [6.07, 6.45) is 1.68. The van der Waals surface area contributed by atoms with Crippen molar-refractivity contribution in [3.05, 3.63) is 95.6 Å². The Bertz CT molecular complexity index is 849. The number of para-hydroxylation sites is 1. The van der Waals surface area contributed by atoms with Crippen molar-refractivity contribution in [2.45, 2.75) is 6.61 Å². The van der Waals surface area contributed by atoms with E-state index in [2.05, 4.69) is 10.5 Å². The highest BCUT2D eigenvalue weighted by atomic mass is 19.1. The van der Waals surface area contributed by atoms with Crippen LogP contribution in [0.4, 0.5) is 14.5 Å². The summed E-state index contributed by atoms with van der Waals surface area (Å²) in [6.45, 7) is -0.0351. The van der Waals surface area contributed by atoms with Crippen LogP contribution in [-0.2, 0) is 6.61 Å². The minimum Gasteiger partial charge on any atom is -0.489 e. The second-order valence-corrected chi connectivity index (χ2v) is 5.33. The molecule has 0 radical (unpaired) electrons. The number of hydrazone groups is 1. The van der Waals surface area contributed by atoms with Crippen LogP contribution in [0.5, 0.6) is 5.75 Å². The molecule has 3 aromatic carbocycles. The highest BCUT2D eigenvalue weighted by molar-refractivity contribution is 5.80. The predicted octanol–water partition coefficient (Wildman–Crippen LogP) is 4.99. The van der Waals surface area contributed by atoms with Crippen LogP contribution in [0.1, 0.15) is 11.1 Å². The van der Waals surface area contributed by atoms with Crippen LogP contribution in [0.25, 0.3) is 0 Å². The molecule has 0 saturated heterocycles. The van der Waals surface area contributed by atoms with E-state index in [0.29, 0.717) is 5.75 Å². The normalized spacial score (nSPS) is 10.8. The average molecular weight is 338 g/mol. The van der Waals surface area contributed by atoms with Crippen molar-refractivity contribution in [1.82, 2.24) is 0 Å². The summed E-state index contributed by atoms with van der Waals surface area (Å²) >= 11 is 0. The lowest BCUT2D eigenvalue weighted by atomic mass is 10.2. The zero-order valence-electron chi connectivity index (χ0n) is 13.3. The number of nitrogens with one attached hydrogen (secondary N) is 1. The largest absolute Gasteiger partial charge is 0.489 e. The van der Waals surface area contributed by atoms with Gasteiger partial charge in [-0.15, -0.1) is 0 Å². The molecule has 0 heterocycles. The zero-order chi connectivity index (χ0) is 17.5. The van der Waals surface area contributed by atoms with E-state index in [1.807, 2.05) is 42.5 Å². The van der Waals surface area contributed by atoms with Gasteiger partial charge >= 0.3 is 0 Å². The van der Waals surface area contributed by atoms with Crippen molar-refractivity contribution in [3.8, 4) is 5.75 Å². The minimum atomic E-state index is -0.489. The fourth-order valence-corrected chi connectivity index (χ4v) is 2.16. The van der Waals surface area contributed by atoms with Crippen molar-refractivity contribution < 1.29 is 13.5 Å². The second kappa shape index (κ2) is 8.06. The number of anilines is 1. The number of hydrogen-bond acceptors (Lipinski definition) is 3. The average Bonchev–Trinajstić information content (AvgIpc) is 2.64. The molecule has 0 unspecified atom stereocenters. The monoisotopic (exact) mass is 338 g/mol. The van der Waals surface area contributed by atoms with Crippen LogP contribution in [0.2, 0.25) is 0 Å². The van der Waals surface area contributed by atoms with E-state index < -0.39 is 11.6 Å². The standard InChI is InChI=1S/C20H16F2N2O/c21-17-8-11-20(22)16(12-17)14-25-19-9-6-15(7-10-19)13-23-24-18-4-2-1-3-5-18/h1-13,24H,14H2. The van der Waals surface area contributed by atoms with Gasteiger partial charge in [-0.1, -0.05) is 18.2 Å². The van der Waals surface area contributed by atoms with Crippen molar-refractivity contribution in [2.24, 2.45) is 5.10 Å². The van der Waals surface area contributed by atoms with Crippen molar-refractivity contribution >= 4 is 11.9 Å². The Morgan fingerprint density at radius 1 is 0.920 bits per heavy atom. The molecule has 0 aliphatic heterocycles. The van der Waals surface area contributed by atoms with Gasteiger partial charge in [0.25, 0.3) is 0 Å². The molecular weight excluding hydrogens is 322 g/mol. The molecule has 3 aromatic rings. The molecule has 0 aliphatic rings. The van der Waals surface area contributed by atoms with Crippen LogP contribution < -0.4 is 10.2 Å². The molecule has 5 heteroatoms. The summed E-state index contributed by atoms with van der Waals surface area (Å²) in [6, 6.07) is 20.1. The van der Waals surface area contributed by atoms with Crippen LogP contribution in [-0.4, -0.2) is 6.21 Å². The van der Waals surface area contributed by atoms with E-state index >= 15 is 0 Å². The number of ether oxygens (including phenoxy) is 1. The fourth-order valence-electron chi connectivity index (χ4n) is 2.16. The molecule has 3 rings (SSSR count). The third kappa shape index (κ3) is 4.88. The molecular formula is C20H16F2N2O. The summed E-state index contributed by atoms with van der Waals surface area (Å²) in [5.74, 6) is -0.411. The maximum absolute atomic E-state index is 13.5. The molecule has 0 bridgehead atoms. The summed E-state index contributed by atoms with van der Waals surface area (Å²) in [5, 5.41) is 4.15. The minimum absolute atomic E-state index is 0.0351. The van der Waals surface area contributed by atoms with E-state index in [0.717, 1.165) is 29.4 Å². The molecule has 0 atom stereocenters. The van der Waals surface area contributed by atoms with Gasteiger partial charge in [0.1, 0.15) is 24.0 Å². The lowest BCUT2D eigenvalue weighted by Gasteiger charge is -2.07. The first-order valence-electron chi connectivity index (χ1n) is 7.71. The van der Waals surface area contributed by atoms with Gasteiger partial charge in [-0.2, -0.15) is 5.10 Å². The van der Waals surface area contributed by atoms with Crippen molar-refractivity contribution in [2.75, 3.05) is 5.43 Å². The fraction of sp³-hybridized carbons (Fsp3) is 0.0500. The van der Waals surface area contributed by atoms with Gasteiger partial charge < -0.3 is 4.74 Å². The van der Waals surface area contributed by atoms with E-state index in [-0.39, 0.29) is 12.2 Å². The number of rotatable bonds is 6. The lowest BCUT2D eigenvalue weighted by Crippen LogP contribution is -1.99. The van der Waals surface area contributed by atoms with Gasteiger partial charge in [0.15, 0.2) is 0 Å². The Morgan fingerprint density at radius 3 is 2.44 bits per heavy atom. The summed E-state index contributed by atoms with van der Waals surface area (Å²) < 4.78 is 32.2. The number of halogens is 2. The van der Waals surface area contributed by atoms with E-state index in [1.165, 1.54) is 0 Å². The summed E-state index contributed by atoms with van der Waals surface area (Å²) in [4.78, 5) is 0. The molecule has 0 amide bonds. The van der Waals surface area contributed by atoms with Gasteiger partial charge in [0.2, 0.25) is 0 Å². The van der Waals surface area contributed by atoms with Crippen LogP contribution in [0, 0.1) is 11.6 Å². The van der Waals surface area contributed by atoms with E-state index in [1.54, 1.807) is 18.3 Å². The Hall–Kier alpha value is -3.21. The summed E-state index contributed by atoms with van der Waals surface area (Å²) in [7, 11) is 0. The highest BCUT2D eigenvalue weighted by Gasteiger charge is 2.04. The molecule has 1 N–H and O–H groups in total. The van der Waals surface area contributed by atoms with Crippen molar-refractivity contribution in [1.29, 1.82) is 0 Å². The molecule has 0 aliphatic carbocycles. The third-order valence-electron chi connectivity index (χ3n) is 3.46. The Labute approximate surface area is 144 Å².